The van der Waals surface area contributed by atoms with Crippen molar-refractivity contribution in [1.82, 2.24) is 4.57 Å². The predicted octanol–water partition coefficient (Wildman–Crippen LogP) is 3.33. The van der Waals surface area contributed by atoms with Gasteiger partial charge in [0, 0.05) is 30.0 Å². The Bertz CT molecular complexity index is 752. The number of fused-ring (bicyclic) bond motifs is 5. The van der Waals surface area contributed by atoms with E-state index in [0.29, 0.717) is 10.7 Å². The summed E-state index contributed by atoms with van der Waals surface area (Å²) in [6.07, 6.45) is 3.80. The molecular formula is C16H16BrNO2. The average Bonchev–Trinajstić information content (AvgIpc) is 2.83. The number of benzene rings is 1. The van der Waals surface area contributed by atoms with Gasteiger partial charge in [-0.15, -0.1) is 0 Å². The minimum atomic E-state index is 0.0370. The van der Waals surface area contributed by atoms with E-state index in [2.05, 4.69) is 15.9 Å². The Labute approximate surface area is 125 Å². The van der Waals surface area contributed by atoms with Crippen molar-refractivity contribution < 1.29 is 4.74 Å². The van der Waals surface area contributed by atoms with Gasteiger partial charge in [-0.25, -0.2) is 0 Å². The van der Waals surface area contributed by atoms with Crippen LogP contribution >= 0.6 is 15.9 Å². The van der Waals surface area contributed by atoms with Gasteiger partial charge in [0.1, 0.15) is 11.9 Å². The lowest BCUT2D eigenvalue weighted by molar-refractivity contribution is 0.173. The van der Waals surface area contributed by atoms with Crippen LogP contribution in [0.1, 0.15) is 30.7 Å². The third-order valence-electron chi connectivity index (χ3n) is 4.69. The Kier molecular flexibility index (Phi) is 2.71. The van der Waals surface area contributed by atoms with E-state index < -0.39 is 0 Å². The van der Waals surface area contributed by atoms with Gasteiger partial charge in [-0.2, -0.15) is 0 Å². The van der Waals surface area contributed by atoms with Gasteiger partial charge in [0.25, 0.3) is 5.56 Å². The topological polar surface area (TPSA) is 31.2 Å². The number of hydrogen-bond donors (Lipinski definition) is 0. The summed E-state index contributed by atoms with van der Waals surface area (Å²) in [5, 5.41) is 1.17. The fourth-order valence-electron chi connectivity index (χ4n) is 3.67. The maximum absolute atomic E-state index is 11.8. The molecule has 0 radical (unpaired) electrons. The summed E-state index contributed by atoms with van der Waals surface area (Å²) in [7, 11) is 1.83. The van der Waals surface area contributed by atoms with Crippen LogP contribution in [0.4, 0.5) is 0 Å². The molecule has 3 nitrogen and oxygen atoms in total. The Morgan fingerprint density at radius 3 is 2.95 bits per heavy atom. The van der Waals surface area contributed by atoms with E-state index in [-0.39, 0.29) is 11.7 Å². The van der Waals surface area contributed by atoms with Crippen molar-refractivity contribution in [3.05, 3.63) is 40.2 Å². The second-order valence-corrected chi connectivity index (χ2v) is 6.95. The highest BCUT2D eigenvalue weighted by atomic mass is 79.9. The molecular weight excluding hydrogens is 318 g/mol. The van der Waals surface area contributed by atoms with Crippen molar-refractivity contribution in [3.8, 4) is 5.75 Å². The van der Waals surface area contributed by atoms with Crippen molar-refractivity contribution >= 4 is 26.8 Å². The summed E-state index contributed by atoms with van der Waals surface area (Å²) in [5.74, 6) is 1.45. The molecule has 1 fully saturated rings. The summed E-state index contributed by atoms with van der Waals surface area (Å²) in [6, 6.07) is 7.63. The van der Waals surface area contributed by atoms with E-state index >= 15 is 0 Å². The SMILES string of the molecule is Cn1c(=O)ccc2c3c(ccc21)O[C@H]1C(Br)CCC[C@@H]31. The lowest BCUT2D eigenvalue weighted by Gasteiger charge is -2.29. The zero-order valence-corrected chi connectivity index (χ0v) is 12.9. The number of aryl methyl sites for hydroxylation is 1. The minimum absolute atomic E-state index is 0.0370. The highest BCUT2D eigenvalue weighted by Crippen LogP contribution is 2.49. The van der Waals surface area contributed by atoms with Gasteiger partial charge in [-0.05, 0) is 31.0 Å². The van der Waals surface area contributed by atoms with Crippen molar-refractivity contribution in [2.45, 2.75) is 36.1 Å². The summed E-state index contributed by atoms with van der Waals surface area (Å²) < 4.78 is 7.89. The molecule has 0 bridgehead atoms. The van der Waals surface area contributed by atoms with Crippen LogP contribution in [0.2, 0.25) is 0 Å². The van der Waals surface area contributed by atoms with Crippen molar-refractivity contribution in [3.63, 3.8) is 0 Å². The van der Waals surface area contributed by atoms with Crippen LogP contribution in [0.3, 0.4) is 0 Å². The summed E-state index contributed by atoms with van der Waals surface area (Å²) in [5.41, 5.74) is 2.33. The highest BCUT2D eigenvalue weighted by molar-refractivity contribution is 9.09. The first-order valence-electron chi connectivity index (χ1n) is 7.10. The van der Waals surface area contributed by atoms with Crippen LogP contribution in [0, 0.1) is 0 Å². The molecule has 0 spiro atoms. The van der Waals surface area contributed by atoms with Crippen molar-refractivity contribution in [2.24, 2.45) is 7.05 Å². The van der Waals surface area contributed by atoms with Gasteiger partial charge >= 0.3 is 0 Å². The van der Waals surface area contributed by atoms with E-state index in [9.17, 15) is 4.79 Å². The third kappa shape index (κ3) is 1.60. The zero-order valence-electron chi connectivity index (χ0n) is 11.3. The molecule has 1 saturated carbocycles. The highest BCUT2D eigenvalue weighted by Gasteiger charge is 2.42. The molecule has 1 aliphatic carbocycles. The zero-order chi connectivity index (χ0) is 13.9. The number of alkyl halides is 1. The van der Waals surface area contributed by atoms with Gasteiger partial charge in [-0.3, -0.25) is 4.79 Å². The Morgan fingerprint density at radius 1 is 1.25 bits per heavy atom. The van der Waals surface area contributed by atoms with Crippen LogP contribution in [0.15, 0.2) is 29.1 Å². The molecule has 2 aromatic rings. The quantitative estimate of drug-likeness (QED) is 0.692. The number of hydrogen-bond acceptors (Lipinski definition) is 2. The van der Waals surface area contributed by atoms with Crippen LogP contribution in [0.5, 0.6) is 5.75 Å². The maximum Gasteiger partial charge on any atom is 0.250 e. The monoisotopic (exact) mass is 333 g/mol. The normalized spacial score (nSPS) is 28.0. The molecule has 1 aliphatic heterocycles. The Hall–Kier alpha value is -1.29. The first-order valence-corrected chi connectivity index (χ1v) is 8.02. The number of halogens is 1. The number of ether oxygens (including phenoxy) is 1. The van der Waals surface area contributed by atoms with E-state index in [1.807, 2.05) is 25.2 Å². The Balaban J connectivity index is 1.98. The van der Waals surface area contributed by atoms with E-state index in [0.717, 1.165) is 11.3 Å². The van der Waals surface area contributed by atoms with Crippen LogP contribution in [-0.4, -0.2) is 15.5 Å². The fraction of sp³-hybridized carbons (Fsp3) is 0.438. The summed E-state index contributed by atoms with van der Waals surface area (Å²) in [6.45, 7) is 0. The fourth-order valence-corrected chi connectivity index (χ4v) is 4.47. The van der Waals surface area contributed by atoms with Gasteiger partial charge in [-0.1, -0.05) is 22.4 Å². The van der Waals surface area contributed by atoms with Crippen LogP contribution < -0.4 is 10.3 Å². The number of rotatable bonds is 0. The molecule has 0 N–H and O–H groups in total. The summed E-state index contributed by atoms with van der Waals surface area (Å²) in [4.78, 5) is 12.2. The molecule has 20 heavy (non-hydrogen) atoms. The van der Waals surface area contributed by atoms with Gasteiger partial charge < -0.3 is 9.30 Å². The average molecular weight is 334 g/mol. The first-order chi connectivity index (χ1) is 9.66. The van der Waals surface area contributed by atoms with Crippen molar-refractivity contribution in [2.75, 3.05) is 0 Å². The molecule has 1 aromatic carbocycles. The molecule has 4 rings (SSSR count). The maximum atomic E-state index is 11.8. The van der Waals surface area contributed by atoms with Gasteiger partial charge in [0.05, 0.1) is 10.3 Å². The molecule has 1 unspecified atom stereocenters. The molecule has 2 heterocycles. The smallest absolute Gasteiger partial charge is 0.250 e. The second kappa shape index (κ2) is 4.35. The molecule has 4 heteroatoms. The lowest BCUT2D eigenvalue weighted by atomic mass is 9.82. The molecule has 104 valence electrons. The first kappa shape index (κ1) is 12.5. The van der Waals surface area contributed by atoms with Gasteiger partial charge in [0.2, 0.25) is 0 Å². The lowest BCUT2D eigenvalue weighted by Crippen LogP contribution is -2.32. The van der Waals surface area contributed by atoms with Crippen molar-refractivity contribution in [1.29, 1.82) is 0 Å². The Morgan fingerprint density at radius 2 is 2.10 bits per heavy atom. The standard InChI is InChI=1S/C16H16BrNO2/c1-18-12-6-7-13-15(9(12)5-8-14(18)19)10-3-2-4-11(17)16(10)20-13/h5-8,10-11,16H,2-4H2,1H3/t10-,11?,16+/m0/s1. The summed E-state index contributed by atoms with van der Waals surface area (Å²) >= 11 is 3.76. The van der Waals surface area contributed by atoms with Crippen LogP contribution in [-0.2, 0) is 7.05 Å². The molecule has 0 amide bonds. The molecule has 2 aliphatic rings. The van der Waals surface area contributed by atoms with E-state index in [1.54, 1.807) is 10.6 Å². The third-order valence-corrected chi connectivity index (χ3v) is 5.67. The van der Waals surface area contributed by atoms with E-state index in [1.165, 1.54) is 30.2 Å². The minimum Gasteiger partial charge on any atom is -0.488 e. The number of aromatic nitrogens is 1. The predicted molar refractivity (Wildman–Crippen MR) is 82.9 cm³/mol. The number of nitrogens with zero attached hydrogens (tertiary/aromatic N) is 1. The second-order valence-electron chi connectivity index (χ2n) is 5.78. The molecule has 0 saturated heterocycles. The van der Waals surface area contributed by atoms with Crippen LogP contribution in [0.25, 0.3) is 10.9 Å². The largest absolute Gasteiger partial charge is 0.488 e. The molecule has 3 atom stereocenters. The number of pyridine rings is 1. The van der Waals surface area contributed by atoms with E-state index in [4.69, 9.17) is 4.74 Å². The molecule has 1 aromatic heterocycles. The van der Waals surface area contributed by atoms with Gasteiger partial charge in [0.15, 0.2) is 0 Å².